The second-order valence-corrected chi connectivity index (χ2v) is 11.7. The Morgan fingerprint density at radius 2 is 1.65 bits per heavy atom. The molecule has 6 heteroatoms. The number of likely N-dealkylation sites (tertiary alicyclic amines) is 1. The van der Waals surface area contributed by atoms with Crippen LogP contribution in [0.5, 0.6) is 0 Å². The summed E-state index contributed by atoms with van der Waals surface area (Å²) < 4.78 is 5.74. The number of amides is 2. The molecular formula is C28H36N2O4. The van der Waals surface area contributed by atoms with Crippen molar-refractivity contribution in [2.75, 3.05) is 18.0 Å². The number of rotatable bonds is 4. The van der Waals surface area contributed by atoms with E-state index in [1.165, 1.54) is 19.3 Å². The summed E-state index contributed by atoms with van der Waals surface area (Å²) in [6, 6.07) is 7.39. The molecule has 7 rings (SSSR count). The first-order valence-electron chi connectivity index (χ1n) is 13.3. The highest BCUT2D eigenvalue weighted by molar-refractivity contribution is 5.99. The van der Waals surface area contributed by atoms with Crippen molar-refractivity contribution in [1.82, 2.24) is 4.90 Å². The van der Waals surface area contributed by atoms with Gasteiger partial charge in [0.2, 0.25) is 5.91 Å². The van der Waals surface area contributed by atoms with E-state index in [0.29, 0.717) is 37.3 Å². The zero-order valence-electron chi connectivity index (χ0n) is 20.2. The SMILES string of the molecule is C[C@H](OC(=O)[C@H]1CCCN1C(=O)C12CC3CC(CC(C3)C1)C2)C(=O)N1CCCc2ccccc21. The first-order chi connectivity index (χ1) is 16.4. The number of anilines is 1. The fourth-order valence-corrected chi connectivity index (χ4v) is 8.22. The van der Waals surface area contributed by atoms with E-state index in [-0.39, 0.29) is 17.2 Å². The smallest absolute Gasteiger partial charge is 0.329 e. The van der Waals surface area contributed by atoms with Crippen molar-refractivity contribution in [3.63, 3.8) is 0 Å². The van der Waals surface area contributed by atoms with E-state index in [1.807, 2.05) is 23.1 Å². The number of hydrogen-bond donors (Lipinski definition) is 0. The molecule has 2 amide bonds. The largest absolute Gasteiger partial charge is 0.451 e. The molecule has 4 aliphatic carbocycles. The molecule has 2 atom stereocenters. The van der Waals surface area contributed by atoms with Crippen molar-refractivity contribution in [3.8, 4) is 0 Å². The third-order valence-electron chi connectivity index (χ3n) is 9.29. The first-order valence-corrected chi connectivity index (χ1v) is 13.3. The molecule has 1 aromatic rings. The maximum Gasteiger partial charge on any atom is 0.329 e. The van der Waals surface area contributed by atoms with Crippen molar-refractivity contribution >= 4 is 23.5 Å². The van der Waals surface area contributed by atoms with Crippen LogP contribution in [0.3, 0.4) is 0 Å². The van der Waals surface area contributed by atoms with Gasteiger partial charge in [0.05, 0.1) is 5.41 Å². The fourth-order valence-electron chi connectivity index (χ4n) is 8.22. The molecule has 6 nitrogen and oxygen atoms in total. The van der Waals surface area contributed by atoms with Gasteiger partial charge in [-0.15, -0.1) is 0 Å². The van der Waals surface area contributed by atoms with Gasteiger partial charge in [0.25, 0.3) is 5.91 Å². The minimum atomic E-state index is -0.865. The van der Waals surface area contributed by atoms with Gasteiger partial charge in [-0.25, -0.2) is 4.79 Å². The topological polar surface area (TPSA) is 66.9 Å². The second-order valence-electron chi connectivity index (χ2n) is 11.7. The Hall–Kier alpha value is -2.37. The molecule has 5 fully saturated rings. The van der Waals surface area contributed by atoms with E-state index in [9.17, 15) is 14.4 Å². The van der Waals surface area contributed by atoms with Gasteiger partial charge >= 0.3 is 5.97 Å². The standard InChI is InChI=1S/C28H36N2O4/c1-18(25(31)29-10-4-7-22-6-2-3-8-23(22)29)34-26(32)24-9-5-11-30(24)27(33)28-15-19-12-20(16-28)14-21(13-19)17-28/h2-3,6,8,18-21,24H,4-5,7,9-17H2,1H3/t18-,19?,20?,21?,24+,28?/m0/s1. The molecule has 0 spiro atoms. The van der Waals surface area contributed by atoms with Gasteiger partial charge in [0.1, 0.15) is 6.04 Å². The molecule has 0 aromatic heterocycles. The highest BCUT2D eigenvalue weighted by Crippen LogP contribution is 2.60. The summed E-state index contributed by atoms with van der Waals surface area (Å²) >= 11 is 0. The maximum absolute atomic E-state index is 13.9. The lowest BCUT2D eigenvalue weighted by atomic mass is 9.49. The summed E-state index contributed by atoms with van der Waals surface area (Å²) in [6.45, 7) is 2.93. The summed E-state index contributed by atoms with van der Waals surface area (Å²) in [7, 11) is 0. The van der Waals surface area contributed by atoms with Crippen LogP contribution in [0.4, 0.5) is 5.69 Å². The minimum absolute atomic E-state index is 0.183. The van der Waals surface area contributed by atoms with E-state index in [2.05, 4.69) is 6.07 Å². The lowest BCUT2D eigenvalue weighted by molar-refractivity contribution is -0.168. The second kappa shape index (κ2) is 8.39. The molecule has 1 saturated heterocycles. The van der Waals surface area contributed by atoms with Crippen LogP contribution >= 0.6 is 0 Å². The number of benzene rings is 1. The number of fused-ring (bicyclic) bond motifs is 1. The van der Waals surface area contributed by atoms with Crippen LogP contribution in [0.15, 0.2) is 24.3 Å². The third kappa shape index (κ3) is 3.64. The normalized spacial score (nSPS) is 34.6. The lowest BCUT2D eigenvalue weighted by Gasteiger charge is -2.56. The lowest BCUT2D eigenvalue weighted by Crippen LogP contribution is -2.56. The fraction of sp³-hybridized carbons (Fsp3) is 0.679. The Kier molecular flexibility index (Phi) is 5.45. The number of ether oxygens (including phenoxy) is 1. The molecule has 2 heterocycles. The maximum atomic E-state index is 13.9. The molecule has 182 valence electrons. The molecule has 1 aromatic carbocycles. The van der Waals surface area contributed by atoms with Crippen LogP contribution < -0.4 is 4.90 Å². The molecule has 4 saturated carbocycles. The van der Waals surface area contributed by atoms with Crippen LogP contribution in [0.2, 0.25) is 0 Å². The molecule has 0 N–H and O–H groups in total. The van der Waals surface area contributed by atoms with Crippen LogP contribution in [0.25, 0.3) is 0 Å². The molecule has 0 radical (unpaired) electrons. The van der Waals surface area contributed by atoms with Crippen LogP contribution in [-0.4, -0.2) is 47.9 Å². The Labute approximate surface area is 202 Å². The van der Waals surface area contributed by atoms with Crippen molar-refractivity contribution in [2.45, 2.75) is 83.3 Å². The van der Waals surface area contributed by atoms with E-state index >= 15 is 0 Å². The van der Waals surface area contributed by atoms with Gasteiger partial charge in [0, 0.05) is 18.8 Å². The Bertz CT molecular complexity index is 969. The van der Waals surface area contributed by atoms with Crippen LogP contribution in [-0.2, 0) is 25.5 Å². The number of aryl methyl sites for hydroxylation is 1. The summed E-state index contributed by atoms with van der Waals surface area (Å²) in [5, 5.41) is 0. The molecule has 2 aliphatic heterocycles. The summed E-state index contributed by atoms with van der Waals surface area (Å²) in [4.78, 5) is 43.9. The summed E-state index contributed by atoms with van der Waals surface area (Å²) in [5.74, 6) is 1.66. The van der Waals surface area contributed by atoms with E-state index in [4.69, 9.17) is 4.74 Å². The van der Waals surface area contributed by atoms with Gasteiger partial charge in [-0.1, -0.05) is 18.2 Å². The van der Waals surface area contributed by atoms with Crippen molar-refractivity contribution in [2.24, 2.45) is 23.2 Å². The summed E-state index contributed by atoms with van der Waals surface area (Å²) in [5.41, 5.74) is 1.82. The number of para-hydroxylation sites is 1. The number of carbonyl (C=O) groups excluding carboxylic acids is 3. The molecular weight excluding hydrogens is 428 g/mol. The average molecular weight is 465 g/mol. The summed E-state index contributed by atoms with van der Waals surface area (Å²) in [6.07, 6.45) is 9.31. The number of carbonyl (C=O) groups is 3. The Balaban J connectivity index is 1.14. The highest BCUT2D eigenvalue weighted by atomic mass is 16.5. The van der Waals surface area contributed by atoms with E-state index in [1.54, 1.807) is 11.8 Å². The monoisotopic (exact) mass is 464 g/mol. The number of nitrogens with zero attached hydrogens (tertiary/aromatic N) is 2. The third-order valence-corrected chi connectivity index (χ3v) is 9.29. The molecule has 34 heavy (non-hydrogen) atoms. The van der Waals surface area contributed by atoms with Crippen molar-refractivity contribution < 1.29 is 19.1 Å². The number of hydrogen-bond acceptors (Lipinski definition) is 4. The van der Waals surface area contributed by atoms with Crippen molar-refractivity contribution in [3.05, 3.63) is 29.8 Å². The zero-order chi connectivity index (χ0) is 23.4. The Morgan fingerprint density at radius 3 is 2.35 bits per heavy atom. The van der Waals surface area contributed by atoms with Gasteiger partial charge in [-0.2, -0.15) is 0 Å². The Morgan fingerprint density at radius 1 is 0.971 bits per heavy atom. The van der Waals surface area contributed by atoms with Gasteiger partial charge < -0.3 is 14.5 Å². The number of esters is 1. The van der Waals surface area contributed by atoms with E-state index < -0.39 is 18.1 Å². The average Bonchev–Trinajstić information content (AvgIpc) is 3.32. The quantitative estimate of drug-likeness (QED) is 0.629. The van der Waals surface area contributed by atoms with Crippen LogP contribution in [0, 0.1) is 23.2 Å². The van der Waals surface area contributed by atoms with Crippen LogP contribution in [0.1, 0.15) is 70.3 Å². The minimum Gasteiger partial charge on any atom is -0.451 e. The molecule has 4 bridgehead atoms. The molecule has 0 unspecified atom stereocenters. The zero-order valence-corrected chi connectivity index (χ0v) is 20.2. The van der Waals surface area contributed by atoms with Gasteiger partial charge in [0.15, 0.2) is 6.10 Å². The molecule has 6 aliphatic rings. The predicted octanol–water partition coefficient (Wildman–Crippen LogP) is 4.10. The van der Waals surface area contributed by atoms with Crippen molar-refractivity contribution in [1.29, 1.82) is 0 Å². The van der Waals surface area contributed by atoms with E-state index in [0.717, 1.165) is 49.8 Å². The van der Waals surface area contributed by atoms with Gasteiger partial charge in [-0.3, -0.25) is 9.59 Å². The predicted molar refractivity (Wildman–Crippen MR) is 128 cm³/mol. The van der Waals surface area contributed by atoms with Gasteiger partial charge in [-0.05, 0) is 101 Å². The highest BCUT2D eigenvalue weighted by Gasteiger charge is 2.57. The first kappa shape index (κ1) is 22.1.